The number of nitriles is 1. The van der Waals surface area contributed by atoms with Gasteiger partial charge in [0, 0.05) is 18.8 Å². The van der Waals surface area contributed by atoms with Gasteiger partial charge in [-0.05, 0) is 25.5 Å². The highest BCUT2D eigenvalue weighted by molar-refractivity contribution is 5.92. The summed E-state index contributed by atoms with van der Waals surface area (Å²) in [6.45, 7) is 3.03. The van der Waals surface area contributed by atoms with Gasteiger partial charge in [-0.1, -0.05) is 6.07 Å². The van der Waals surface area contributed by atoms with Gasteiger partial charge >= 0.3 is 0 Å². The van der Waals surface area contributed by atoms with Crippen molar-refractivity contribution in [2.24, 2.45) is 5.92 Å². The third-order valence-electron chi connectivity index (χ3n) is 3.67. The van der Waals surface area contributed by atoms with Crippen molar-refractivity contribution in [3.63, 3.8) is 0 Å². The lowest BCUT2D eigenvalue weighted by Crippen LogP contribution is -2.25. The Morgan fingerprint density at radius 3 is 3.09 bits per heavy atom. The molecule has 1 fully saturated rings. The van der Waals surface area contributed by atoms with E-state index in [9.17, 15) is 4.79 Å². The lowest BCUT2D eigenvalue weighted by Gasteiger charge is -2.08. The van der Waals surface area contributed by atoms with Crippen molar-refractivity contribution in [3.8, 4) is 12.0 Å². The van der Waals surface area contributed by atoms with Crippen molar-refractivity contribution < 1.29 is 4.79 Å². The maximum absolute atomic E-state index is 12.2. The number of rotatable bonds is 3. The van der Waals surface area contributed by atoms with E-state index in [-0.39, 0.29) is 11.8 Å². The molecular weight excluding hydrogens is 280 g/mol. The molecule has 1 aliphatic rings. The molecular formula is C15H16N6O. The number of nitrogens with one attached hydrogen (secondary N) is 1. The maximum atomic E-state index is 12.2. The van der Waals surface area contributed by atoms with Crippen LogP contribution in [-0.4, -0.2) is 38.4 Å². The Labute approximate surface area is 128 Å². The van der Waals surface area contributed by atoms with Crippen LogP contribution < -0.4 is 5.32 Å². The SMILES string of the molecule is Cc1cccc(-n2cnc(NC(=O)C3CCN(C#N)C3)c2)n1. The molecule has 0 aliphatic carbocycles. The molecule has 1 unspecified atom stereocenters. The fraction of sp³-hybridized carbons (Fsp3) is 0.333. The molecule has 1 amide bonds. The number of carbonyl (C=O) groups excluding carboxylic acids is 1. The summed E-state index contributed by atoms with van der Waals surface area (Å²) < 4.78 is 1.76. The molecule has 1 atom stereocenters. The van der Waals surface area contributed by atoms with Gasteiger partial charge in [-0.15, -0.1) is 0 Å². The zero-order valence-electron chi connectivity index (χ0n) is 12.2. The topological polar surface area (TPSA) is 86.8 Å². The smallest absolute Gasteiger partial charge is 0.230 e. The van der Waals surface area contributed by atoms with Crippen molar-refractivity contribution in [1.29, 1.82) is 5.26 Å². The van der Waals surface area contributed by atoms with Gasteiger partial charge in [0.2, 0.25) is 5.91 Å². The van der Waals surface area contributed by atoms with Gasteiger partial charge in [0.1, 0.15) is 12.1 Å². The van der Waals surface area contributed by atoms with E-state index in [0.29, 0.717) is 25.3 Å². The van der Waals surface area contributed by atoms with E-state index in [4.69, 9.17) is 5.26 Å². The van der Waals surface area contributed by atoms with Crippen LogP contribution in [0.15, 0.2) is 30.7 Å². The second kappa shape index (κ2) is 5.85. The number of carbonyl (C=O) groups is 1. The second-order valence-electron chi connectivity index (χ2n) is 5.32. The number of anilines is 1. The van der Waals surface area contributed by atoms with Crippen LogP contribution in [0.3, 0.4) is 0 Å². The first-order valence-corrected chi connectivity index (χ1v) is 7.09. The highest BCUT2D eigenvalue weighted by atomic mass is 16.2. The molecule has 7 nitrogen and oxygen atoms in total. The molecule has 0 bridgehead atoms. The molecule has 0 radical (unpaired) electrons. The summed E-state index contributed by atoms with van der Waals surface area (Å²) in [4.78, 5) is 22.3. The summed E-state index contributed by atoms with van der Waals surface area (Å²) in [7, 11) is 0. The van der Waals surface area contributed by atoms with Crippen LogP contribution in [-0.2, 0) is 4.79 Å². The van der Waals surface area contributed by atoms with Crippen molar-refractivity contribution in [2.75, 3.05) is 18.4 Å². The lowest BCUT2D eigenvalue weighted by atomic mass is 10.1. The number of likely N-dealkylation sites (tertiary alicyclic amines) is 1. The molecule has 3 rings (SSSR count). The molecule has 7 heteroatoms. The number of pyridine rings is 1. The molecule has 0 aromatic carbocycles. The Balaban J connectivity index is 1.67. The first-order chi connectivity index (χ1) is 10.7. The number of imidazole rings is 1. The first kappa shape index (κ1) is 14.1. The van der Waals surface area contributed by atoms with E-state index < -0.39 is 0 Å². The van der Waals surface area contributed by atoms with Crippen LogP contribution in [0.4, 0.5) is 5.82 Å². The van der Waals surface area contributed by atoms with E-state index in [1.807, 2.05) is 25.1 Å². The minimum atomic E-state index is -0.165. The number of aryl methyl sites for hydroxylation is 1. The quantitative estimate of drug-likeness (QED) is 0.863. The third-order valence-corrected chi connectivity index (χ3v) is 3.67. The molecule has 0 saturated carbocycles. The largest absolute Gasteiger partial charge is 0.310 e. The Morgan fingerprint density at radius 2 is 2.36 bits per heavy atom. The fourth-order valence-electron chi connectivity index (χ4n) is 2.48. The summed E-state index contributed by atoms with van der Waals surface area (Å²) in [5.74, 6) is 0.982. The van der Waals surface area contributed by atoms with E-state index in [1.54, 1.807) is 22.0 Å². The molecule has 0 spiro atoms. The van der Waals surface area contributed by atoms with Crippen molar-refractivity contribution in [2.45, 2.75) is 13.3 Å². The molecule has 3 heterocycles. The zero-order chi connectivity index (χ0) is 15.5. The maximum Gasteiger partial charge on any atom is 0.230 e. The summed E-state index contributed by atoms with van der Waals surface area (Å²) in [5.41, 5.74) is 0.916. The third kappa shape index (κ3) is 2.91. The van der Waals surface area contributed by atoms with Crippen molar-refractivity contribution in [1.82, 2.24) is 19.4 Å². The highest BCUT2D eigenvalue weighted by Gasteiger charge is 2.28. The highest BCUT2D eigenvalue weighted by Crippen LogP contribution is 2.17. The number of nitrogens with zero attached hydrogens (tertiary/aromatic N) is 5. The molecule has 1 aliphatic heterocycles. The van der Waals surface area contributed by atoms with Crippen LogP contribution in [0.1, 0.15) is 12.1 Å². The normalized spacial score (nSPS) is 17.3. The fourth-order valence-corrected chi connectivity index (χ4v) is 2.48. The summed E-state index contributed by atoms with van der Waals surface area (Å²) >= 11 is 0. The van der Waals surface area contributed by atoms with Gasteiger partial charge in [-0.25, -0.2) is 9.97 Å². The average molecular weight is 296 g/mol. The number of aromatic nitrogens is 3. The zero-order valence-corrected chi connectivity index (χ0v) is 12.2. The van der Waals surface area contributed by atoms with Crippen LogP contribution in [0, 0.1) is 24.3 Å². The average Bonchev–Trinajstić information content (AvgIpc) is 3.16. The van der Waals surface area contributed by atoms with E-state index in [1.165, 1.54) is 0 Å². The number of hydrogen-bond acceptors (Lipinski definition) is 5. The molecule has 1 N–H and O–H groups in total. The standard InChI is InChI=1S/C15H16N6O/c1-11-3-2-4-14(18-11)21-8-13(17-10-21)19-15(22)12-5-6-20(7-12)9-16/h2-4,8,10,12H,5-7H2,1H3,(H,19,22). The molecule has 1 saturated heterocycles. The minimum absolute atomic E-state index is 0.0970. The van der Waals surface area contributed by atoms with Crippen molar-refractivity contribution in [3.05, 3.63) is 36.4 Å². The van der Waals surface area contributed by atoms with Crippen LogP contribution in [0.25, 0.3) is 5.82 Å². The van der Waals surface area contributed by atoms with Gasteiger partial charge in [0.05, 0.1) is 12.1 Å². The van der Waals surface area contributed by atoms with Gasteiger partial charge in [-0.2, -0.15) is 5.26 Å². The first-order valence-electron chi connectivity index (χ1n) is 7.09. The monoisotopic (exact) mass is 296 g/mol. The van der Waals surface area contributed by atoms with Crippen molar-refractivity contribution >= 4 is 11.7 Å². The van der Waals surface area contributed by atoms with E-state index in [0.717, 1.165) is 11.5 Å². The summed E-state index contributed by atoms with van der Waals surface area (Å²) in [6, 6.07) is 5.72. The molecule has 112 valence electrons. The Morgan fingerprint density at radius 1 is 1.50 bits per heavy atom. The molecule has 2 aromatic rings. The van der Waals surface area contributed by atoms with Crippen LogP contribution in [0.2, 0.25) is 0 Å². The predicted octanol–water partition coefficient (Wildman–Crippen LogP) is 1.32. The van der Waals surface area contributed by atoms with E-state index >= 15 is 0 Å². The Kier molecular flexibility index (Phi) is 3.74. The molecule has 22 heavy (non-hydrogen) atoms. The Hall–Kier alpha value is -2.88. The van der Waals surface area contributed by atoms with Gasteiger partial charge in [-0.3, -0.25) is 9.36 Å². The second-order valence-corrected chi connectivity index (χ2v) is 5.32. The summed E-state index contributed by atoms with van der Waals surface area (Å²) in [5, 5.41) is 11.6. The Bertz CT molecular complexity index is 732. The number of amides is 1. The molecule has 2 aromatic heterocycles. The summed E-state index contributed by atoms with van der Waals surface area (Å²) in [6.07, 6.45) is 6.11. The van der Waals surface area contributed by atoms with E-state index in [2.05, 4.69) is 21.5 Å². The van der Waals surface area contributed by atoms with Gasteiger partial charge in [0.25, 0.3) is 0 Å². The van der Waals surface area contributed by atoms with Crippen LogP contribution in [0.5, 0.6) is 0 Å². The van der Waals surface area contributed by atoms with Gasteiger partial charge < -0.3 is 10.2 Å². The lowest BCUT2D eigenvalue weighted by molar-refractivity contribution is -0.119. The number of hydrogen-bond donors (Lipinski definition) is 1. The van der Waals surface area contributed by atoms with Gasteiger partial charge in [0.15, 0.2) is 12.0 Å². The van der Waals surface area contributed by atoms with Crippen LogP contribution >= 0.6 is 0 Å². The minimum Gasteiger partial charge on any atom is -0.310 e. The predicted molar refractivity (Wildman–Crippen MR) is 80.0 cm³/mol.